The maximum absolute atomic E-state index is 12.7. The Morgan fingerprint density at radius 3 is 2.26 bits per heavy atom. The van der Waals surface area contributed by atoms with Crippen LogP contribution in [0.3, 0.4) is 0 Å². The maximum Gasteiger partial charge on any atom is 0.321 e. The number of benzene rings is 2. The number of nitrogens with one attached hydrogen (secondary N) is 1. The molecule has 1 N–H and O–H groups in total. The minimum atomic E-state index is -0.135. The van der Waals surface area contributed by atoms with Gasteiger partial charge in [-0.25, -0.2) is 4.79 Å². The molecule has 3 amide bonds. The van der Waals surface area contributed by atoms with Gasteiger partial charge in [0.25, 0.3) is 5.91 Å². The molecule has 2 aromatic carbocycles. The van der Waals surface area contributed by atoms with E-state index in [2.05, 4.69) is 22.4 Å². The van der Waals surface area contributed by atoms with Gasteiger partial charge in [-0.1, -0.05) is 42.5 Å². The predicted molar refractivity (Wildman–Crippen MR) is 122 cm³/mol. The van der Waals surface area contributed by atoms with E-state index in [1.807, 2.05) is 54.4 Å². The van der Waals surface area contributed by atoms with Crippen LogP contribution in [0.1, 0.15) is 23.2 Å². The van der Waals surface area contributed by atoms with Crippen molar-refractivity contribution in [1.82, 2.24) is 14.8 Å². The number of rotatable bonds is 4. The van der Waals surface area contributed by atoms with E-state index in [1.165, 1.54) is 0 Å². The molecule has 1 saturated heterocycles. The molecule has 1 aromatic heterocycles. The third kappa shape index (κ3) is 4.91. The summed E-state index contributed by atoms with van der Waals surface area (Å²) in [7, 11) is 1.82. The van der Waals surface area contributed by atoms with Crippen LogP contribution in [-0.4, -0.2) is 52.9 Å². The van der Waals surface area contributed by atoms with Crippen LogP contribution in [0.2, 0.25) is 0 Å². The van der Waals surface area contributed by atoms with Crippen LogP contribution >= 0.6 is 0 Å². The van der Waals surface area contributed by atoms with Crippen molar-refractivity contribution in [2.24, 2.45) is 0 Å². The number of urea groups is 1. The normalized spacial score (nSPS) is 14.2. The lowest BCUT2D eigenvalue weighted by Crippen LogP contribution is -2.48. The highest BCUT2D eigenvalue weighted by atomic mass is 16.2. The van der Waals surface area contributed by atoms with Gasteiger partial charge in [0.05, 0.1) is 5.56 Å². The molecular weight excluding hydrogens is 388 g/mol. The van der Waals surface area contributed by atoms with Crippen LogP contribution < -0.4 is 5.32 Å². The van der Waals surface area contributed by atoms with E-state index >= 15 is 0 Å². The Bertz CT molecular complexity index is 1010. The van der Waals surface area contributed by atoms with Crippen LogP contribution in [0, 0.1) is 0 Å². The molecule has 0 spiro atoms. The second-order valence-electron chi connectivity index (χ2n) is 7.75. The van der Waals surface area contributed by atoms with E-state index in [0.29, 0.717) is 18.7 Å². The van der Waals surface area contributed by atoms with Gasteiger partial charge in [0.2, 0.25) is 0 Å². The molecule has 1 aliphatic heterocycles. The quantitative estimate of drug-likeness (QED) is 0.683. The number of pyridine rings is 1. The minimum Gasteiger partial charge on any atom is -0.338 e. The van der Waals surface area contributed by atoms with Gasteiger partial charge in [-0.2, -0.15) is 0 Å². The molecule has 6 heteroatoms. The molecule has 0 radical (unpaired) electrons. The van der Waals surface area contributed by atoms with Crippen molar-refractivity contribution in [3.63, 3.8) is 0 Å². The summed E-state index contributed by atoms with van der Waals surface area (Å²) < 4.78 is 0. The highest BCUT2D eigenvalue weighted by molar-refractivity contribution is 5.94. The number of piperidine rings is 1. The number of hydrogen-bond acceptors (Lipinski definition) is 3. The first-order chi connectivity index (χ1) is 15.1. The summed E-state index contributed by atoms with van der Waals surface area (Å²) in [6, 6.07) is 21.5. The summed E-state index contributed by atoms with van der Waals surface area (Å²) in [6.45, 7) is 1.25. The van der Waals surface area contributed by atoms with Crippen molar-refractivity contribution in [1.29, 1.82) is 0 Å². The average molecular weight is 415 g/mol. The molecule has 0 bridgehead atoms. The topological polar surface area (TPSA) is 65.5 Å². The third-order valence-electron chi connectivity index (χ3n) is 5.77. The highest BCUT2D eigenvalue weighted by Gasteiger charge is 2.28. The highest BCUT2D eigenvalue weighted by Crippen LogP contribution is 2.22. The molecule has 0 aliphatic carbocycles. The molecular formula is C25H26N4O2. The average Bonchev–Trinajstić information content (AvgIpc) is 2.85. The van der Waals surface area contributed by atoms with Crippen LogP contribution in [-0.2, 0) is 0 Å². The fraction of sp³-hybridized carbons (Fsp3) is 0.240. The van der Waals surface area contributed by atoms with Crippen molar-refractivity contribution in [2.75, 3.05) is 25.5 Å². The van der Waals surface area contributed by atoms with Crippen LogP contribution in [0.15, 0.2) is 79.1 Å². The van der Waals surface area contributed by atoms with Crippen molar-refractivity contribution in [3.8, 4) is 11.1 Å². The maximum atomic E-state index is 12.7. The van der Waals surface area contributed by atoms with E-state index in [4.69, 9.17) is 0 Å². The monoisotopic (exact) mass is 414 g/mol. The summed E-state index contributed by atoms with van der Waals surface area (Å²) in [5, 5.41) is 2.98. The van der Waals surface area contributed by atoms with Gasteiger partial charge < -0.3 is 15.1 Å². The molecule has 3 aromatic rings. The van der Waals surface area contributed by atoms with E-state index < -0.39 is 0 Å². The molecule has 158 valence electrons. The smallest absolute Gasteiger partial charge is 0.321 e. The Labute approximate surface area is 182 Å². The Hall–Kier alpha value is -3.67. The van der Waals surface area contributed by atoms with E-state index in [1.54, 1.807) is 29.4 Å². The number of hydrogen-bond donors (Lipinski definition) is 1. The lowest BCUT2D eigenvalue weighted by atomic mass is 10.0. The van der Waals surface area contributed by atoms with Crippen molar-refractivity contribution in [2.45, 2.75) is 18.9 Å². The van der Waals surface area contributed by atoms with Crippen LogP contribution in [0.5, 0.6) is 0 Å². The first kappa shape index (κ1) is 20.6. The Morgan fingerprint density at radius 1 is 0.935 bits per heavy atom. The largest absolute Gasteiger partial charge is 0.338 e. The van der Waals surface area contributed by atoms with E-state index in [-0.39, 0.29) is 18.0 Å². The molecule has 4 rings (SSSR count). The second-order valence-corrected chi connectivity index (χ2v) is 7.75. The molecule has 6 nitrogen and oxygen atoms in total. The SMILES string of the molecule is CN(C(=O)Nc1ccc(-c2ccccc2)cc1)C1CCN(C(=O)c2cccnc2)CC1. The van der Waals surface area contributed by atoms with Gasteiger partial charge in [0, 0.05) is 44.3 Å². The number of likely N-dealkylation sites (tertiary alicyclic amines) is 1. The van der Waals surface area contributed by atoms with Crippen LogP contribution in [0.4, 0.5) is 10.5 Å². The number of carbonyl (C=O) groups is 2. The van der Waals surface area contributed by atoms with Gasteiger partial charge in [0.15, 0.2) is 0 Å². The number of carbonyl (C=O) groups excluding carboxylic acids is 2. The Morgan fingerprint density at radius 2 is 1.61 bits per heavy atom. The number of anilines is 1. The first-order valence-electron chi connectivity index (χ1n) is 10.5. The van der Waals surface area contributed by atoms with Gasteiger partial charge in [-0.3, -0.25) is 9.78 Å². The summed E-state index contributed by atoms with van der Waals surface area (Å²) >= 11 is 0. The van der Waals surface area contributed by atoms with E-state index in [0.717, 1.165) is 29.7 Å². The molecule has 0 atom stereocenters. The van der Waals surface area contributed by atoms with Crippen LogP contribution in [0.25, 0.3) is 11.1 Å². The molecule has 2 heterocycles. The Kier molecular flexibility index (Phi) is 6.26. The molecule has 1 aliphatic rings. The fourth-order valence-electron chi connectivity index (χ4n) is 3.88. The molecule has 31 heavy (non-hydrogen) atoms. The van der Waals surface area contributed by atoms with Gasteiger partial charge in [-0.05, 0) is 48.2 Å². The second kappa shape index (κ2) is 9.43. The number of nitrogens with zero attached hydrogens (tertiary/aromatic N) is 3. The zero-order chi connectivity index (χ0) is 21.6. The van der Waals surface area contributed by atoms with Gasteiger partial charge in [-0.15, -0.1) is 0 Å². The molecule has 0 unspecified atom stereocenters. The van der Waals surface area contributed by atoms with Crippen molar-refractivity contribution in [3.05, 3.63) is 84.7 Å². The minimum absolute atomic E-state index is 0.00263. The first-order valence-corrected chi connectivity index (χ1v) is 10.5. The molecule has 0 saturated carbocycles. The van der Waals surface area contributed by atoms with Gasteiger partial charge in [0.1, 0.15) is 0 Å². The fourth-order valence-corrected chi connectivity index (χ4v) is 3.88. The molecule has 1 fully saturated rings. The van der Waals surface area contributed by atoms with E-state index in [9.17, 15) is 9.59 Å². The zero-order valence-electron chi connectivity index (χ0n) is 17.6. The Balaban J connectivity index is 1.30. The lowest BCUT2D eigenvalue weighted by molar-refractivity contribution is 0.0671. The summed E-state index contributed by atoms with van der Waals surface area (Å²) in [5.41, 5.74) is 3.62. The van der Waals surface area contributed by atoms with Gasteiger partial charge >= 0.3 is 6.03 Å². The number of amides is 3. The van der Waals surface area contributed by atoms with Crippen molar-refractivity contribution < 1.29 is 9.59 Å². The standard InChI is InChI=1S/C25H26N4O2/c1-28(23-13-16-29(17-14-23)24(30)21-8-5-15-26-18-21)25(31)27-22-11-9-20(10-12-22)19-6-3-2-4-7-19/h2-12,15,18,23H,13-14,16-17H2,1H3,(H,27,31). The third-order valence-corrected chi connectivity index (χ3v) is 5.77. The lowest BCUT2D eigenvalue weighted by Gasteiger charge is -2.36. The predicted octanol–water partition coefficient (Wildman–Crippen LogP) is 4.52. The number of aromatic nitrogens is 1. The summed E-state index contributed by atoms with van der Waals surface area (Å²) in [4.78, 5) is 32.9. The summed E-state index contributed by atoms with van der Waals surface area (Å²) in [5.74, 6) is -0.00263. The van der Waals surface area contributed by atoms with Crippen molar-refractivity contribution >= 4 is 17.6 Å². The zero-order valence-corrected chi connectivity index (χ0v) is 17.6. The summed E-state index contributed by atoms with van der Waals surface area (Å²) in [6.07, 6.45) is 4.76.